The molecule has 2 amide bonds. The Labute approximate surface area is 210 Å². The number of aryl methyl sites for hydroxylation is 1. The van der Waals surface area contributed by atoms with E-state index in [2.05, 4.69) is 46.3 Å². The van der Waals surface area contributed by atoms with Gasteiger partial charge in [-0.3, -0.25) is 14.2 Å². The zero-order valence-electron chi connectivity index (χ0n) is 20.1. The van der Waals surface area contributed by atoms with Gasteiger partial charge in [-0.2, -0.15) is 0 Å². The zero-order valence-corrected chi connectivity index (χ0v) is 20.9. The molecule has 2 heterocycles. The minimum absolute atomic E-state index is 0.0712. The highest BCUT2D eigenvalue weighted by molar-refractivity contribution is 7.99. The zero-order chi connectivity index (χ0) is 24.6. The summed E-state index contributed by atoms with van der Waals surface area (Å²) < 4.78 is 2.05. The maximum absolute atomic E-state index is 13.2. The van der Waals surface area contributed by atoms with Crippen molar-refractivity contribution in [1.29, 1.82) is 0 Å². The van der Waals surface area contributed by atoms with Crippen LogP contribution >= 0.6 is 11.8 Å². The molecule has 1 aromatic heterocycles. The number of hydrogen-bond acceptors (Lipinski definition) is 6. The second kappa shape index (κ2) is 11.9. The molecule has 0 bridgehead atoms. The van der Waals surface area contributed by atoms with Crippen molar-refractivity contribution in [3.05, 3.63) is 65.7 Å². The van der Waals surface area contributed by atoms with Crippen molar-refractivity contribution in [2.75, 3.05) is 30.3 Å². The lowest BCUT2D eigenvalue weighted by molar-refractivity contribution is -0.129. The topological polar surface area (TPSA) is 97.4 Å². The normalized spacial score (nSPS) is 13.6. The second-order valence-electron chi connectivity index (χ2n) is 8.81. The fourth-order valence-corrected chi connectivity index (χ4v) is 4.98. The third-order valence-electron chi connectivity index (χ3n) is 6.07. The molecule has 1 aliphatic rings. The summed E-state index contributed by atoms with van der Waals surface area (Å²) in [5.74, 6) is 0.514. The highest BCUT2D eigenvalue weighted by atomic mass is 32.2. The molecule has 8 nitrogen and oxygen atoms in total. The molecule has 35 heavy (non-hydrogen) atoms. The first kappa shape index (κ1) is 24.8. The van der Waals surface area contributed by atoms with Gasteiger partial charge in [0.05, 0.1) is 11.4 Å². The monoisotopic (exact) mass is 492 g/mol. The number of carbonyl (C=O) groups is 2. The molecule has 0 atom stereocenters. The minimum Gasteiger partial charge on any atom is -0.370 e. The molecule has 2 N–H and O–H groups in total. The van der Waals surface area contributed by atoms with Crippen LogP contribution in [0.3, 0.4) is 0 Å². The van der Waals surface area contributed by atoms with Gasteiger partial charge in [-0.05, 0) is 43.9 Å². The number of thioether (sulfide) groups is 1. The van der Waals surface area contributed by atoms with Crippen LogP contribution in [0, 0.1) is 6.92 Å². The highest BCUT2D eigenvalue weighted by Crippen LogP contribution is 2.29. The van der Waals surface area contributed by atoms with Gasteiger partial charge in [0.1, 0.15) is 0 Å². The van der Waals surface area contributed by atoms with Gasteiger partial charge in [-0.15, -0.1) is 10.2 Å². The number of nitrogens with two attached hydrogens (primary N) is 1. The summed E-state index contributed by atoms with van der Waals surface area (Å²) in [6.07, 6.45) is 3.63. The van der Waals surface area contributed by atoms with Gasteiger partial charge >= 0.3 is 0 Å². The van der Waals surface area contributed by atoms with Gasteiger partial charge in [-0.1, -0.05) is 59.8 Å². The van der Waals surface area contributed by atoms with E-state index < -0.39 is 5.91 Å². The van der Waals surface area contributed by atoms with Crippen LogP contribution < -0.4 is 10.6 Å². The Hall–Kier alpha value is -3.33. The van der Waals surface area contributed by atoms with E-state index in [1.165, 1.54) is 23.7 Å². The molecule has 2 aromatic carbocycles. The summed E-state index contributed by atoms with van der Waals surface area (Å²) in [7, 11) is 0. The predicted octanol–water partition coefficient (Wildman–Crippen LogP) is 3.56. The van der Waals surface area contributed by atoms with E-state index in [0.29, 0.717) is 11.7 Å². The highest BCUT2D eigenvalue weighted by Gasteiger charge is 2.23. The van der Waals surface area contributed by atoms with Crippen LogP contribution in [0.5, 0.6) is 0 Å². The molecule has 0 spiro atoms. The quantitative estimate of drug-likeness (QED) is 0.435. The van der Waals surface area contributed by atoms with Crippen LogP contribution in [-0.4, -0.2) is 56.9 Å². The number of hydrogen-bond donors (Lipinski definition) is 1. The molecule has 1 fully saturated rings. The Balaban J connectivity index is 1.53. The van der Waals surface area contributed by atoms with Gasteiger partial charge in [0.2, 0.25) is 17.8 Å². The van der Waals surface area contributed by atoms with E-state index in [1.54, 1.807) is 4.90 Å². The van der Waals surface area contributed by atoms with E-state index >= 15 is 0 Å². The van der Waals surface area contributed by atoms with Crippen molar-refractivity contribution >= 4 is 29.5 Å². The van der Waals surface area contributed by atoms with E-state index in [1.807, 2.05) is 34.9 Å². The Morgan fingerprint density at radius 3 is 2.40 bits per heavy atom. The lowest BCUT2D eigenvalue weighted by Gasteiger charge is -2.28. The predicted molar refractivity (Wildman–Crippen MR) is 139 cm³/mol. The van der Waals surface area contributed by atoms with Crippen molar-refractivity contribution in [2.24, 2.45) is 5.73 Å². The summed E-state index contributed by atoms with van der Waals surface area (Å²) in [6, 6.07) is 18.0. The third kappa shape index (κ3) is 6.63. The SMILES string of the molecule is Cc1ccc(-n2c(SCC(=O)N(CCC(N)=O)Cc3ccccc3)nnc2N2CCCCC2)cc1. The standard InChI is InChI=1S/C26H32N6O2S/c1-20-10-12-22(13-11-20)32-25(30-15-6-3-7-16-30)28-29-26(32)35-19-24(34)31(17-14-23(27)33)18-21-8-4-2-5-9-21/h2,4-5,8-13H,3,6-7,14-19H2,1H3,(H2,27,33). The Kier molecular flexibility index (Phi) is 8.41. The molecule has 0 unspecified atom stereocenters. The lowest BCUT2D eigenvalue weighted by atomic mass is 10.1. The number of nitrogens with zero attached hydrogens (tertiary/aromatic N) is 5. The number of rotatable bonds is 10. The van der Waals surface area contributed by atoms with Crippen LogP contribution in [0.2, 0.25) is 0 Å². The van der Waals surface area contributed by atoms with Crippen LogP contribution in [0.1, 0.15) is 36.8 Å². The van der Waals surface area contributed by atoms with E-state index in [4.69, 9.17) is 5.73 Å². The largest absolute Gasteiger partial charge is 0.370 e. The van der Waals surface area contributed by atoms with Gasteiger partial charge in [-0.25, -0.2) is 0 Å². The van der Waals surface area contributed by atoms with Gasteiger partial charge in [0.15, 0.2) is 5.16 Å². The Morgan fingerprint density at radius 1 is 1.00 bits per heavy atom. The molecule has 1 aliphatic heterocycles. The maximum atomic E-state index is 13.2. The molecule has 0 radical (unpaired) electrons. The minimum atomic E-state index is -0.422. The number of anilines is 1. The van der Waals surface area contributed by atoms with E-state index in [9.17, 15) is 9.59 Å². The fourth-order valence-electron chi connectivity index (χ4n) is 4.13. The third-order valence-corrected chi connectivity index (χ3v) is 6.98. The average Bonchev–Trinajstić information content (AvgIpc) is 3.30. The fraction of sp³-hybridized carbons (Fsp3) is 0.385. The first-order valence-corrected chi connectivity index (χ1v) is 13.0. The molecule has 3 aromatic rings. The number of aromatic nitrogens is 3. The van der Waals surface area contributed by atoms with Crippen LogP contribution in [0.25, 0.3) is 5.69 Å². The van der Waals surface area contributed by atoms with Crippen molar-refractivity contribution in [3.8, 4) is 5.69 Å². The smallest absolute Gasteiger partial charge is 0.233 e. The van der Waals surface area contributed by atoms with Crippen LogP contribution in [-0.2, 0) is 16.1 Å². The first-order chi connectivity index (χ1) is 17.0. The van der Waals surface area contributed by atoms with Crippen LogP contribution in [0.4, 0.5) is 5.95 Å². The number of piperidine rings is 1. The second-order valence-corrected chi connectivity index (χ2v) is 9.75. The summed E-state index contributed by atoms with van der Waals surface area (Å²) >= 11 is 1.37. The van der Waals surface area contributed by atoms with Crippen molar-refractivity contribution < 1.29 is 9.59 Å². The molecule has 9 heteroatoms. The summed E-state index contributed by atoms with van der Waals surface area (Å²) in [5, 5.41) is 9.67. The number of primary amides is 1. The van der Waals surface area contributed by atoms with Crippen molar-refractivity contribution in [1.82, 2.24) is 19.7 Å². The molecule has 0 aliphatic carbocycles. The molecule has 0 saturated carbocycles. The summed E-state index contributed by atoms with van der Waals surface area (Å²) in [6.45, 7) is 4.67. The molecule has 4 rings (SSSR count). The number of benzene rings is 2. The van der Waals surface area contributed by atoms with Crippen molar-refractivity contribution in [2.45, 2.75) is 44.3 Å². The summed E-state index contributed by atoms with van der Waals surface area (Å²) in [4.78, 5) is 28.6. The first-order valence-electron chi connectivity index (χ1n) is 12.0. The van der Waals surface area contributed by atoms with Gasteiger partial charge in [0, 0.05) is 32.6 Å². The van der Waals surface area contributed by atoms with Crippen LogP contribution in [0.15, 0.2) is 59.8 Å². The molecular formula is C26H32N6O2S. The lowest BCUT2D eigenvalue weighted by Crippen LogP contribution is -2.35. The Morgan fingerprint density at radius 2 is 1.71 bits per heavy atom. The average molecular weight is 493 g/mol. The number of carbonyl (C=O) groups excluding carboxylic acids is 2. The van der Waals surface area contributed by atoms with Gasteiger partial charge in [0.25, 0.3) is 0 Å². The number of amides is 2. The maximum Gasteiger partial charge on any atom is 0.233 e. The van der Waals surface area contributed by atoms with E-state index in [0.717, 1.165) is 43.1 Å². The van der Waals surface area contributed by atoms with E-state index in [-0.39, 0.29) is 24.6 Å². The van der Waals surface area contributed by atoms with Crippen molar-refractivity contribution in [3.63, 3.8) is 0 Å². The summed E-state index contributed by atoms with van der Waals surface area (Å²) in [5.41, 5.74) is 8.52. The molecular weight excluding hydrogens is 460 g/mol. The molecule has 184 valence electrons. The Bertz CT molecular complexity index is 1130. The molecule has 1 saturated heterocycles. The van der Waals surface area contributed by atoms with Gasteiger partial charge < -0.3 is 15.5 Å².